The Kier molecular flexibility index (Phi) is 4.33. The second-order valence-corrected chi connectivity index (χ2v) is 9.72. The van der Waals surface area contributed by atoms with E-state index in [0.717, 1.165) is 6.42 Å². The van der Waals surface area contributed by atoms with Gasteiger partial charge in [0.2, 0.25) is 0 Å². The lowest BCUT2D eigenvalue weighted by Crippen LogP contribution is -2.38. The summed E-state index contributed by atoms with van der Waals surface area (Å²) in [5, 5.41) is 0.108. The highest BCUT2D eigenvalue weighted by Crippen LogP contribution is 2.41. The lowest BCUT2D eigenvalue weighted by molar-refractivity contribution is -0.126. The molecule has 25 heavy (non-hydrogen) atoms. The number of hydrogen-bond acceptors (Lipinski definition) is 5. The van der Waals surface area contributed by atoms with Crippen LogP contribution in [-0.2, 0) is 19.4 Å². The van der Waals surface area contributed by atoms with Gasteiger partial charge in [-0.25, -0.2) is 12.8 Å². The molecule has 0 aromatic heterocycles. The van der Waals surface area contributed by atoms with Gasteiger partial charge in [-0.1, -0.05) is 23.9 Å². The van der Waals surface area contributed by atoms with Crippen LogP contribution in [-0.4, -0.2) is 55.0 Å². The normalized spacial score (nSPS) is 32.3. The summed E-state index contributed by atoms with van der Waals surface area (Å²) in [5.74, 6) is -0.901. The number of amidine groups is 1. The predicted molar refractivity (Wildman–Crippen MR) is 94.1 cm³/mol. The number of sulfone groups is 1. The highest BCUT2D eigenvalue weighted by molar-refractivity contribution is 8.16. The number of thioether (sulfide) groups is 1. The Labute approximate surface area is 149 Å². The molecule has 6 nitrogen and oxygen atoms in total. The summed E-state index contributed by atoms with van der Waals surface area (Å²) in [7, 11) is -3.18. The van der Waals surface area contributed by atoms with E-state index in [0.29, 0.717) is 18.2 Å². The topological polar surface area (TPSA) is 76.0 Å². The molecule has 3 fully saturated rings. The van der Waals surface area contributed by atoms with Crippen molar-refractivity contribution in [3.8, 4) is 0 Å². The molecule has 0 aliphatic carbocycles. The molecule has 1 amide bonds. The lowest BCUT2D eigenvalue weighted by Gasteiger charge is -2.25. The largest absolute Gasteiger partial charge is 0.368 e. The lowest BCUT2D eigenvalue weighted by atomic mass is 10.2. The molecule has 0 saturated carbocycles. The molecule has 3 aliphatic heterocycles. The molecule has 1 aromatic carbocycles. The van der Waals surface area contributed by atoms with Gasteiger partial charge in [-0.3, -0.25) is 4.79 Å². The minimum absolute atomic E-state index is 0.0143. The van der Waals surface area contributed by atoms with Crippen molar-refractivity contribution in [1.82, 2.24) is 0 Å². The standard InChI is InChI=1S/C16H17FN2O4S2/c17-10-4-1-2-5-11(10)19-12-8-25(21,22)9-14(12)24-16(19)18-15(20)13-6-3-7-23-13/h1-2,4-5,12-14H,3,6-9H2. The molecule has 134 valence electrons. The number of benzene rings is 1. The molecule has 3 heterocycles. The second kappa shape index (κ2) is 6.37. The second-order valence-electron chi connectivity index (χ2n) is 6.36. The first-order chi connectivity index (χ1) is 11.9. The number of rotatable bonds is 2. The number of aliphatic imine (C=N–C) groups is 1. The van der Waals surface area contributed by atoms with Crippen molar-refractivity contribution >= 4 is 38.4 Å². The smallest absolute Gasteiger partial charge is 0.277 e. The fraction of sp³-hybridized carbons (Fsp3) is 0.500. The fourth-order valence-corrected chi connectivity index (χ4v) is 7.34. The SMILES string of the molecule is O=C(N=C1SC2CS(=O)(=O)CC2N1c1ccccc1F)C1CCCO1. The van der Waals surface area contributed by atoms with Crippen molar-refractivity contribution in [1.29, 1.82) is 0 Å². The molecule has 3 aliphatic rings. The summed E-state index contributed by atoms with van der Waals surface area (Å²) in [5.41, 5.74) is 0.249. The van der Waals surface area contributed by atoms with E-state index in [4.69, 9.17) is 4.74 Å². The van der Waals surface area contributed by atoms with E-state index in [1.807, 2.05) is 0 Å². The van der Waals surface area contributed by atoms with Crippen molar-refractivity contribution in [2.45, 2.75) is 30.2 Å². The number of amides is 1. The van der Waals surface area contributed by atoms with E-state index in [1.165, 1.54) is 17.8 Å². The molecular weight excluding hydrogens is 367 g/mol. The first kappa shape index (κ1) is 17.0. The molecule has 1 aromatic rings. The summed E-state index contributed by atoms with van der Waals surface area (Å²) in [6.07, 6.45) is 0.885. The van der Waals surface area contributed by atoms with Gasteiger partial charge in [0.05, 0.1) is 23.2 Å². The quantitative estimate of drug-likeness (QED) is 0.771. The molecule has 0 bridgehead atoms. The molecule has 0 spiro atoms. The molecule has 3 saturated heterocycles. The molecule has 0 radical (unpaired) electrons. The van der Waals surface area contributed by atoms with E-state index in [1.54, 1.807) is 23.1 Å². The maximum Gasteiger partial charge on any atom is 0.277 e. The van der Waals surface area contributed by atoms with Gasteiger partial charge < -0.3 is 9.64 Å². The summed E-state index contributed by atoms with van der Waals surface area (Å²) in [4.78, 5) is 18.1. The van der Waals surface area contributed by atoms with Crippen molar-refractivity contribution in [2.24, 2.45) is 4.99 Å². The number of halogens is 1. The van der Waals surface area contributed by atoms with Crippen LogP contribution in [0.15, 0.2) is 29.3 Å². The van der Waals surface area contributed by atoms with Crippen molar-refractivity contribution in [2.75, 3.05) is 23.0 Å². The maximum absolute atomic E-state index is 14.3. The van der Waals surface area contributed by atoms with Crippen LogP contribution in [0, 0.1) is 5.82 Å². The fourth-order valence-electron chi connectivity index (χ4n) is 3.43. The van der Waals surface area contributed by atoms with Gasteiger partial charge in [0, 0.05) is 11.9 Å². The summed E-state index contributed by atoms with van der Waals surface area (Å²) in [6, 6.07) is 5.73. The Hall–Kier alpha value is -1.45. The maximum atomic E-state index is 14.3. The van der Waals surface area contributed by atoms with Crippen LogP contribution in [0.3, 0.4) is 0 Å². The van der Waals surface area contributed by atoms with Gasteiger partial charge in [0.25, 0.3) is 5.91 Å². The first-order valence-corrected chi connectivity index (χ1v) is 10.8. The van der Waals surface area contributed by atoms with Crippen molar-refractivity contribution in [3.63, 3.8) is 0 Å². The highest BCUT2D eigenvalue weighted by Gasteiger charge is 2.50. The Morgan fingerprint density at radius 3 is 2.84 bits per heavy atom. The average molecular weight is 384 g/mol. The zero-order chi connectivity index (χ0) is 17.6. The highest BCUT2D eigenvalue weighted by atomic mass is 32.2. The number of hydrogen-bond donors (Lipinski definition) is 0. The summed E-state index contributed by atoms with van der Waals surface area (Å²) >= 11 is 1.24. The minimum atomic E-state index is -3.18. The number of anilines is 1. The van der Waals surface area contributed by atoms with Gasteiger partial charge in [-0.05, 0) is 25.0 Å². The van der Waals surface area contributed by atoms with Crippen LogP contribution in [0.4, 0.5) is 10.1 Å². The monoisotopic (exact) mass is 384 g/mol. The first-order valence-electron chi connectivity index (χ1n) is 8.09. The number of carbonyl (C=O) groups is 1. The van der Waals surface area contributed by atoms with Crippen LogP contribution in [0.5, 0.6) is 0 Å². The Morgan fingerprint density at radius 1 is 1.32 bits per heavy atom. The van der Waals surface area contributed by atoms with E-state index < -0.39 is 27.8 Å². The van der Waals surface area contributed by atoms with E-state index in [-0.39, 0.29) is 28.4 Å². The number of nitrogens with zero attached hydrogens (tertiary/aromatic N) is 2. The Balaban J connectivity index is 1.71. The van der Waals surface area contributed by atoms with E-state index in [2.05, 4.69) is 4.99 Å². The van der Waals surface area contributed by atoms with Gasteiger partial charge in [-0.2, -0.15) is 4.99 Å². The number of carbonyl (C=O) groups excluding carboxylic acids is 1. The van der Waals surface area contributed by atoms with Crippen LogP contribution in [0.1, 0.15) is 12.8 Å². The molecule has 0 N–H and O–H groups in total. The molecular formula is C16H17FN2O4S2. The van der Waals surface area contributed by atoms with Gasteiger partial charge in [0.15, 0.2) is 15.0 Å². The molecule has 3 atom stereocenters. The van der Waals surface area contributed by atoms with Crippen LogP contribution >= 0.6 is 11.8 Å². The van der Waals surface area contributed by atoms with Gasteiger partial charge in [-0.15, -0.1) is 0 Å². The third kappa shape index (κ3) is 3.20. The number of ether oxygens (including phenoxy) is 1. The molecule has 9 heteroatoms. The van der Waals surface area contributed by atoms with Gasteiger partial charge in [0.1, 0.15) is 11.9 Å². The Bertz CT molecular complexity index is 836. The van der Waals surface area contributed by atoms with Crippen molar-refractivity contribution < 1.29 is 22.3 Å². The Morgan fingerprint density at radius 2 is 2.12 bits per heavy atom. The van der Waals surface area contributed by atoms with E-state index >= 15 is 0 Å². The molecule has 4 rings (SSSR count). The zero-order valence-electron chi connectivity index (χ0n) is 13.3. The van der Waals surface area contributed by atoms with E-state index in [9.17, 15) is 17.6 Å². The third-order valence-corrected chi connectivity index (χ3v) is 7.80. The molecule has 3 unspecified atom stereocenters. The van der Waals surface area contributed by atoms with Gasteiger partial charge >= 0.3 is 0 Å². The number of fused-ring (bicyclic) bond motifs is 1. The summed E-state index contributed by atoms with van der Waals surface area (Å²) < 4.78 is 43.7. The van der Waals surface area contributed by atoms with Crippen LogP contribution in [0.2, 0.25) is 0 Å². The third-order valence-electron chi connectivity index (χ3n) is 4.59. The number of para-hydroxylation sites is 1. The summed E-state index contributed by atoms with van der Waals surface area (Å²) in [6.45, 7) is 0.537. The van der Waals surface area contributed by atoms with Crippen molar-refractivity contribution in [3.05, 3.63) is 30.1 Å². The van der Waals surface area contributed by atoms with Crippen LogP contribution < -0.4 is 4.90 Å². The van der Waals surface area contributed by atoms with Crippen LogP contribution in [0.25, 0.3) is 0 Å². The zero-order valence-corrected chi connectivity index (χ0v) is 14.9. The average Bonchev–Trinajstić information content (AvgIpc) is 3.23. The predicted octanol–water partition coefficient (Wildman–Crippen LogP) is 1.61. The minimum Gasteiger partial charge on any atom is -0.368 e.